The zero-order valence-corrected chi connectivity index (χ0v) is 19.7. The monoisotopic (exact) mass is 488 g/mol. The van der Waals surface area contributed by atoms with Crippen LogP contribution in [0, 0.1) is 11.6 Å². The summed E-state index contributed by atoms with van der Waals surface area (Å²) >= 11 is 0. The molecule has 0 unspecified atom stereocenters. The molecule has 0 N–H and O–H groups in total. The minimum absolute atomic E-state index is 0.243. The van der Waals surface area contributed by atoms with Crippen LogP contribution in [-0.4, -0.2) is 42.6 Å². The number of benzene rings is 2. The lowest BCUT2D eigenvalue weighted by molar-refractivity contribution is 0.495. The zero-order chi connectivity index (χ0) is 24.1. The number of hydrogen-bond acceptors (Lipinski definition) is 5. The quantitative estimate of drug-likeness (QED) is 0.334. The van der Waals surface area contributed by atoms with Gasteiger partial charge in [-0.1, -0.05) is 18.2 Å². The summed E-state index contributed by atoms with van der Waals surface area (Å²) < 4.78 is 46.6. The first-order valence-corrected chi connectivity index (χ1v) is 13.8. The minimum Gasteiger partial charge on any atom is -0.318 e. The molecule has 2 bridgehead atoms. The highest BCUT2D eigenvalue weighted by atomic mass is 31.2. The van der Waals surface area contributed by atoms with Crippen LogP contribution in [0.2, 0.25) is 0 Å². The van der Waals surface area contributed by atoms with Gasteiger partial charge in [0, 0.05) is 40.9 Å². The fraction of sp³-hybridized carbons (Fsp3) is 0.200. The van der Waals surface area contributed by atoms with Crippen molar-refractivity contribution >= 4 is 23.6 Å². The van der Waals surface area contributed by atoms with Crippen LogP contribution in [0.3, 0.4) is 0 Å². The van der Waals surface area contributed by atoms with Gasteiger partial charge in [-0.15, -0.1) is 0 Å². The van der Waals surface area contributed by atoms with Gasteiger partial charge < -0.3 is 9.13 Å². The van der Waals surface area contributed by atoms with Crippen LogP contribution >= 0.6 is 7.14 Å². The molecule has 7 nitrogen and oxygen atoms in total. The van der Waals surface area contributed by atoms with Crippen molar-refractivity contribution in [1.29, 1.82) is 0 Å². The second kappa shape index (κ2) is 6.92. The van der Waals surface area contributed by atoms with Crippen LogP contribution in [0.25, 0.3) is 33.5 Å². The van der Waals surface area contributed by atoms with E-state index in [0.29, 0.717) is 56.8 Å². The molecule has 2 aromatic carbocycles. The fourth-order valence-corrected chi connectivity index (χ4v) is 6.17. The molecule has 0 fully saturated rings. The molecule has 0 spiro atoms. The Morgan fingerprint density at radius 1 is 1.00 bits per heavy atom. The molecule has 5 heterocycles. The first-order valence-electron chi connectivity index (χ1n) is 11.2. The van der Waals surface area contributed by atoms with E-state index in [2.05, 4.69) is 15.1 Å². The predicted octanol–water partition coefficient (Wildman–Crippen LogP) is 4.78. The Bertz CT molecular complexity index is 1720. The van der Waals surface area contributed by atoms with E-state index in [1.807, 2.05) is 10.6 Å². The van der Waals surface area contributed by atoms with E-state index in [1.165, 1.54) is 18.5 Å². The van der Waals surface area contributed by atoms with E-state index >= 15 is 8.78 Å². The van der Waals surface area contributed by atoms with Gasteiger partial charge in [0.1, 0.15) is 37.0 Å². The van der Waals surface area contributed by atoms with Crippen molar-refractivity contribution in [3.05, 3.63) is 78.0 Å². The molecule has 5 aromatic rings. The molecule has 0 saturated heterocycles. The van der Waals surface area contributed by atoms with Crippen molar-refractivity contribution in [2.75, 3.05) is 13.3 Å². The number of aromatic nitrogens is 6. The molecule has 2 atom stereocenters. The number of rotatable bonds is 2. The van der Waals surface area contributed by atoms with E-state index in [0.717, 1.165) is 0 Å². The Morgan fingerprint density at radius 3 is 2.63 bits per heavy atom. The Kier molecular flexibility index (Phi) is 4.08. The van der Waals surface area contributed by atoms with Gasteiger partial charge in [0.2, 0.25) is 0 Å². The summed E-state index contributed by atoms with van der Waals surface area (Å²) in [6, 6.07) is 11.0. The van der Waals surface area contributed by atoms with Gasteiger partial charge in [-0.3, -0.25) is 4.98 Å². The second-order valence-corrected chi connectivity index (χ2v) is 12.6. The lowest BCUT2D eigenvalue weighted by atomic mass is 9.97. The summed E-state index contributed by atoms with van der Waals surface area (Å²) in [5.41, 5.74) is 3.87. The summed E-state index contributed by atoms with van der Waals surface area (Å²) in [6.45, 7) is 3.30. The SMILES string of the molecule is CP(C)(=O)c1ccc(-c2cc3c(cc2F)nc2n3[C@H]3C[C@@H]2n2ncnc2-c2cccc(F)c23)cn1. The van der Waals surface area contributed by atoms with Crippen LogP contribution in [0.4, 0.5) is 8.78 Å². The lowest BCUT2D eigenvalue weighted by Gasteiger charge is -2.19. The van der Waals surface area contributed by atoms with E-state index in [-0.39, 0.29) is 17.9 Å². The average Bonchev–Trinajstić information content (AvgIpc) is 3.50. The minimum atomic E-state index is -2.52. The Hall–Kier alpha value is -3.71. The third kappa shape index (κ3) is 2.85. The number of imidazole rings is 1. The fourth-order valence-electron chi connectivity index (χ4n) is 5.40. The van der Waals surface area contributed by atoms with Gasteiger partial charge in [-0.05, 0) is 31.5 Å². The Morgan fingerprint density at radius 2 is 1.86 bits per heavy atom. The Balaban J connectivity index is 1.46. The first-order chi connectivity index (χ1) is 16.8. The summed E-state index contributed by atoms with van der Waals surface area (Å²) in [5, 5.41) is 4.43. The van der Waals surface area contributed by atoms with Crippen LogP contribution in [0.15, 0.2) is 55.0 Å². The molecule has 3 aromatic heterocycles. The molecule has 0 radical (unpaired) electrons. The Labute approximate surface area is 198 Å². The highest BCUT2D eigenvalue weighted by molar-refractivity contribution is 7.69. The second-order valence-electron chi connectivity index (χ2n) is 9.41. The third-order valence-electron chi connectivity index (χ3n) is 6.97. The van der Waals surface area contributed by atoms with Crippen molar-refractivity contribution in [2.45, 2.75) is 18.5 Å². The van der Waals surface area contributed by atoms with E-state index in [4.69, 9.17) is 4.98 Å². The van der Waals surface area contributed by atoms with Crippen LogP contribution in [-0.2, 0) is 4.57 Å². The smallest absolute Gasteiger partial charge is 0.159 e. The highest BCUT2D eigenvalue weighted by Crippen LogP contribution is 2.49. The van der Waals surface area contributed by atoms with Crippen molar-refractivity contribution in [2.24, 2.45) is 0 Å². The summed E-state index contributed by atoms with van der Waals surface area (Å²) in [4.78, 5) is 13.5. The number of halogens is 2. The van der Waals surface area contributed by atoms with Crippen molar-refractivity contribution in [3.63, 3.8) is 0 Å². The van der Waals surface area contributed by atoms with Crippen LogP contribution in [0.1, 0.15) is 29.9 Å². The topological polar surface area (TPSA) is 78.5 Å². The predicted molar refractivity (Wildman–Crippen MR) is 128 cm³/mol. The average molecular weight is 488 g/mol. The van der Waals surface area contributed by atoms with Gasteiger partial charge in [0.15, 0.2) is 5.82 Å². The summed E-state index contributed by atoms with van der Waals surface area (Å²) in [6.07, 6.45) is 3.59. The third-order valence-corrected chi connectivity index (χ3v) is 8.34. The highest BCUT2D eigenvalue weighted by Gasteiger charge is 2.43. The molecular weight excluding hydrogens is 469 g/mol. The van der Waals surface area contributed by atoms with Gasteiger partial charge in [0.05, 0.1) is 22.5 Å². The zero-order valence-electron chi connectivity index (χ0n) is 18.9. The summed E-state index contributed by atoms with van der Waals surface area (Å²) in [7, 11) is -2.52. The van der Waals surface area contributed by atoms with Crippen molar-refractivity contribution in [3.8, 4) is 22.5 Å². The molecule has 0 saturated carbocycles. The maximum atomic E-state index is 15.3. The van der Waals surface area contributed by atoms with Crippen LogP contribution in [0.5, 0.6) is 0 Å². The van der Waals surface area contributed by atoms with E-state index in [9.17, 15) is 4.57 Å². The molecule has 7 rings (SSSR count). The largest absolute Gasteiger partial charge is 0.318 e. The van der Waals surface area contributed by atoms with E-state index < -0.39 is 13.0 Å². The molecule has 0 aliphatic carbocycles. The molecular formula is C25H19F2N6OP. The molecule has 35 heavy (non-hydrogen) atoms. The normalized spacial score (nSPS) is 18.3. The van der Waals surface area contributed by atoms with Gasteiger partial charge in [-0.2, -0.15) is 5.10 Å². The maximum absolute atomic E-state index is 15.3. The van der Waals surface area contributed by atoms with Gasteiger partial charge in [0.25, 0.3) is 0 Å². The molecule has 10 heteroatoms. The van der Waals surface area contributed by atoms with Gasteiger partial charge >= 0.3 is 0 Å². The number of fused-ring (bicyclic) bond motifs is 6. The van der Waals surface area contributed by atoms with Crippen molar-refractivity contribution in [1.82, 2.24) is 29.3 Å². The molecule has 174 valence electrons. The number of nitrogens with zero attached hydrogens (tertiary/aromatic N) is 6. The van der Waals surface area contributed by atoms with Gasteiger partial charge in [-0.25, -0.2) is 23.4 Å². The first kappa shape index (κ1) is 20.6. The molecule has 2 aliphatic heterocycles. The van der Waals surface area contributed by atoms with Crippen molar-refractivity contribution < 1.29 is 13.3 Å². The maximum Gasteiger partial charge on any atom is 0.159 e. The molecule has 2 aliphatic rings. The molecule has 0 amide bonds. The van der Waals surface area contributed by atoms with E-state index in [1.54, 1.807) is 48.5 Å². The number of hydrogen-bond donors (Lipinski definition) is 0. The van der Waals surface area contributed by atoms with Crippen LogP contribution < -0.4 is 5.44 Å². The standard InChI is InChI=1S/C25H19F2N6OP/c1-35(2,34)22-7-6-13(11-28-22)15-8-19-18(9-17(15)27)31-25-21-10-20(32(19)25)23-14(4-3-5-16(23)26)24-29-12-30-33(21)24/h3-9,11-12,20-21H,10H2,1-2H3/t20-,21-/m0/s1. The number of pyridine rings is 1. The summed E-state index contributed by atoms with van der Waals surface area (Å²) in [5.74, 6) is 0.556. The lowest BCUT2D eigenvalue weighted by Crippen LogP contribution is -2.13.